The highest BCUT2D eigenvalue weighted by molar-refractivity contribution is 6.00. The first-order valence-corrected chi connectivity index (χ1v) is 15.8. The Morgan fingerprint density at radius 3 is 2.45 bits per heavy atom. The Bertz CT molecular complexity index is 1150. The van der Waals surface area contributed by atoms with E-state index < -0.39 is 23.1 Å². The van der Waals surface area contributed by atoms with Gasteiger partial charge >= 0.3 is 6.18 Å². The molecule has 1 aliphatic carbocycles. The summed E-state index contributed by atoms with van der Waals surface area (Å²) in [6.45, 7) is 8.91. The van der Waals surface area contributed by atoms with Crippen LogP contribution in [0.1, 0.15) is 59.3 Å². The highest BCUT2D eigenvalue weighted by atomic mass is 19.4. The third-order valence-corrected chi connectivity index (χ3v) is 9.68. The molecule has 0 aromatic rings. The first-order chi connectivity index (χ1) is 20.8. The smallest absolute Gasteiger partial charge is 0.384 e. The molecule has 4 rings (SSSR count). The van der Waals surface area contributed by atoms with E-state index in [-0.39, 0.29) is 48.5 Å². The number of likely N-dealkylation sites (tertiary alicyclic amines) is 2. The summed E-state index contributed by atoms with van der Waals surface area (Å²) in [5.41, 5.74) is -1.73. The highest BCUT2D eigenvalue weighted by Crippen LogP contribution is 2.39. The number of halogens is 3. The minimum absolute atomic E-state index is 0.0411. The number of hydrogen-bond acceptors (Lipinski definition) is 8. The standard InChI is InChI=1S/C32H48F3N5O4/c1-4-24(18-22(2)32(33,34)35)28(41)19-37-20-30(42)40-15-10-26-27(40)9-14-39(26)25-7-11-31(43,12-8-25)29(36)6-5-13-38-16-17-44-23(3)21-38/h4-6,18,23,25-27,36-37,43H,7-17,19-21H2,1-3H3/b6-5-,22-18+,24-4+,36-29?. The topological polar surface area (TPSA) is 109 Å². The zero-order valence-corrected chi connectivity index (χ0v) is 26.2. The van der Waals surface area contributed by atoms with Crippen LogP contribution in [0.25, 0.3) is 0 Å². The fourth-order valence-corrected chi connectivity index (χ4v) is 7.12. The van der Waals surface area contributed by atoms with Crippen LogP contribution in [-0.4, -0.2) is 126 Å². The molecule has 246 valence electrons. The zero-order chi connectivity index (χ0) is 32.1. The largest absolute Gasteiger partial charge is 0.412 e. The van der Waals surface area contributed by atoms with Gasteiger partial charge in [0.25, 0.3) is 0 Å². The molecule has 0 spiro atoms. The van der Waals surface area contributed by atoms with Crippen LogP contribution in [0.4, 0.5) is 13.2 Å². The maximum Gasteiger partial charge on any atom is 0.412 e. The van der Waals surface area contributed by atoms with Crippen molar-refractivity contribution < 1.29 is 32.6 Å². The Balaban J connectivity index is 1.21. The van der Waals surface area contributed by atoms with E-state index in [0.717, 1.165) is 64.9 Å². The fraction of sp³-hybridized carbons (Fsp3) is 0.719. The van der Waals surface area contributed by atoms with Gasteiger partial charge in [0.15, 0.2) is 5.78 Å². The summed E-state index contributed by atoms with van der Waals surface area (Å²) in [5.74, 6) is -0.608. The second-order valence-electron chi connectivity index (χ2n) is 12.7. The number of alkyl halides is 3. The van der Waals surface area contributed by atoms with E-state index in [9.17, 15) is 27.9 Å². The van der Waals surface area contributed by atoms with Gasteiger partial charge in [0.2, 0.25) is 5.91 Å². The number of morpholine rings is 1. The number of aliphatic hydroxyl groups is 1. The van der Waals surface area contributed by atoms with Crippen molar-refractivity contribution in [2.24, 2.45) is 0 Å². The number of ether oxygens (including phenoxy) is 1. The Morgan fingerprint density at radius 1 is 1.09 bits per heavy atom. The maximum absolute atomic E-state index is 13.1. The van der Waals surface area contributed by atoms with Gasteiger partial charge in [-0.05, 0) is 71.4 Å². The summed E-state index contributed by atoms with van der Waals surface area (Å²) in [6.07, 6.45) is 6.00. The maximum atomic E-state index is 13.1. The average Bonchev–Trinajstić information content (AvgIpc) is 3.58. The minimum Gasteiger partial charge on any atom is -0.384 e. The third kappa shape index (κ3) is 8.45. The quantitative estimate of drug-likeness (QED) is 0.184. The van der Waals surface area contributed by atoms with Crippen molar-refractivity contribution in [3.63, 3.8) is 0 Å². The zero-order valence-electron chi connectivity index (χ0n) is 26.2. The number of Topliss-reactive ketones (excluding diaryl/α,β-unsaturated/α-hetero) is 1. The molecular formula is C32H48F3N5O4. The Morgan fingerprint density at radius 2 is 1.80 bits per heavy atom. The van der Waals surface area contributed by atoms with E-state index in [1.165, 1.54) is 13.0 Å². The predicted octanol–water partition coefficient (Wildman–Crippen LogP) is 3.25. The summed E-state index contributed by atoms with van der Waals surface area (Å²) in [5, 5.41) is 22.7. The van der Waals surface area contributed by atoms with Crippen LogP contribution >= 0.6 is 0 Å². The molecule has 3 N–H and O–H groups in total. The van der Waals surface area contributed by atoms with Crippen LogP contribution in [0.2, 0.25) is 0 Å². The van der Waals surface area contributed by atoms with Crippen LogP contribution in [0, 0.1) is 5.41 Å². The number of hydrogen-bond donors (Lipinski definition) is 3. The van der Waals surface area contributed by atoms with Crippen LogP contribution in [0.3, 0.4) is 0 Å². The van der Waals surface area contributed by atoms with Crippen molar-refractivity contribution >= 4 is 17.4 Å². The molecule has 3 saturated heterocycles. The van der Waals surface area contributed by atoms with Crippen molar-refractivity contribution in [3.05, 3.63) is 35.5 Å². The highest BCUT2D eigenvalue weighted by Gasteiger charge is 2.48. The predicted molar refractivity (Wildman–Crippen MR) is 163 cm³/mol. The number of ketones is 1. The lowest BCUT2D eigenvalue weighted by Gasteiger charge is -2.41. The van der Waals surface area contributed by atoms with E-state index >= 15 is 0 Å². The van der Waals surface area contributed by atoms with Crippen LogP contribution in [0.15, 0.2) is 35.5 Å². The lowest BCUT2D eigenvalue weighted by atomic mass is 9.78. The van der Waals surface area contributed by atoms with Gasteiger partial charge in [-0.1, -0.05) is 12.2 Å². The number of amides is 1. The van der Waals surface area contributed by atoms with Gasteiger partial charge in [-0.3, -0.25) is 19.4 Å². The van der Waals surface area contributed by atoms with Crippen molar-refractivity contribution in [3.8, 4) is 0 Å². The summed E-state index contributed by atoms with van der Waals surface area (Å²) in [4.78, 5) is 32.1. The van der Waals surface area contributed by atoms with E-state index in [4.69, 9.17) is 10.1 Å². The lowest BCUT2D eigenvalue weighted by molar-refractivity contribution is -0.131. The van der Waals surface area contributed by atoms with Crippen molar-refractivity contribution in [1.82, 2.24) is 20.0 Å². The van der Waals surface area contributed by atoms with Gasteiger partial charge < -0.3 is 25.5 Å². The number of nitrogens with one attached hydrogen (secondary N) is 2. The first-order valence-electron chi connectivity index (χ1n) is 15.8. The van der Waals surface area contributed by atoms with Crippen molar-refractivity contribution in [2.75, 3.05) is 52.4 Å². The van der Waals surface area contributed by atoms with Crippen molar-refractivity contribution in [2.45, 2.75) is 95.3 Å². The normalized spacial score (nSPS) is 31.1. The molecule has 1 amide bonds. The Hall–Kier alpha value is -2.38. The summed E-state index contributed by atoms with van der Waals surface area (Å²) in [7, 11) is 0. The molecule has 3 aliphatic heterocycles. The lowest BCUT2D eigenvalue weighted by Crippen LogP contribution is -2.49. The molecule has 1 saturated carbocycles. The molecule has 4 fully saturated rings. The van der Waals surface area contributed by atoms with E-state index in [1.807, 2.05) is 11.0 Å². The Labute approximate surface area is 258 Å². The van der Waals surface area contributed by atoms with Crippen LogP contribution in [0.5, 0.6) is 0 Å². The first kappa shape index (κ1) is 34.5. The molecular weight excluding hydrogens is 575 g/mol. The minimum atomic E-state index is -4.50. The SMILES string of the molecule is C/C=C(\C=C(/C)C(F)(F)F)C(=O)CNCC(=O)N1CCC2C1CCN2C1CCC(O)(C(=N)/C=C\CN2CCOC(C)C2)CC1. The number of fused-ring (bicyclic) bond motifs is 1. The second-order valence-corrected chi connectivity index (χ2v) is 12.7. The number of nitrogens with zero attached hydrogens (tertiary/aromatic N) is 3. The van der Waals surface area contributed by atoms with Crippen LogP contribution < -0.4 is 5.32 Å². The third-order valence-electron chi connectivity index (χ3n) is 9.68. The molecule has 12 heteroatoms. The summed E-state index contributed by atoms with van der Waals surface area (Å²) in [6, 6.07) is 0.640. The molecule has 4 aliphatic rings. The van der Waals surface area contributed by atoms with E-state index in [0.29, 0.717) is 32.0 Å². The number of carbonyl (C=O) groups is 2. The van der Waals surface area contributed by atoms with Crippen LogP contribution in [-0.2, 0) is 14.3 Å². The summed E-state index contributed by atoms with van der Waals surface area (Å²) >= 11 is 0. The van der Waals surface area contributed by atoms with Gasteiger partial charge in [0.05, 0.1) is 31.5 Å². The van der Waals surface area contributed by atoms with Gasteiger partial charge in [-0.2, -0.15) is 13.2 Å². The summed E-state index contributed by atoms with van der Waals surface area (Å²) < 4.78 is 44.2. The monoisotopic (exact) mass is 623 g/mol. The molecule has 3 heterocycles. The van der Waals surface area contributed by atoms with Gasteiger partial charge in [0.1, 0.15) is 5.60 Å². The van der Waals surface area contributed by atoms with Gasteiger partial charge in [-0.15, -0.1) is 0 Å². The van der Waals surface area contributed by atoms with E-state index in [2.05, 4.69) is 22.0 Å². The average molecular weight is 624 g/mol. The number of allylic oxidation sites excluding steroid dienone is 3. The number of rotatable bonds is 11. The molecule has 9 nitrogen and oxygen atoms in total. The molecule has 3 atom stereocenters. The van der Waals surface area contributed by atoms with Crippen molar-refractivity contribution in [1.29, 1.82) is 5.41 Å². The second kappa shape index (κ2) is 14.8. The molecule has 0 aromatic heterocycles. The number of carbonyl (C=O) groups excluding carboxylic acids is 2. The molecule has 0 aromatic carbocycles. The molecule has 44 heavy (non-hydrogen) atoms. The van der Waals surface area contributed by atoms with E-state index in [1.54, 1.807) is 6.08 Å². The molecule has 0 radical (unpaired) electrons. The van der Waals surface area contributed by atoms with Gasteiger partial charge in [0, 0.05) is 62.0 Å². The van der Waals surface area contributed by atoms with Gasteiger partial charge in [-0.25, -0.2) is 0 Å². The fourth-order valence-electron chi connectivity index (χ4n) is 7.12. The Kier molecular flexibility index (Phi) is 11.6. The molecule has 3 unspecified atom stereocenters. The molecule has 0 bridgehead atoms.